The van der Waals surface area contributed by atoms with E-state index in [0.29, 0.717) is 6.42 Å². The van der Waals surface area contributed by atoms with Gasteiger partial charge >= 0.3 is 5.97 Å². The summed E-state index contributed by atoms with van der Waals surface area (Å²) in [6.07, 6.45) is 2.56. The first kappa shape index (κ1) is 17.4. The average molecular weight is 260 g/mol. The molecule has 0 saturated carbocycles. The van der Waals surface area contributed by atoms with E-state index in [1.807, 2.05) is 6.92 Å². The SMILES string of the molecule is CCOCCN(C)CCCCC(C)(NC)C(=O)O. The van der Waals surface area contributed by atoms with Gasteiger partial charge in [0.15, 0.2) is 0 Å². The standard InChI is InChI=1S/C13H28N2O3/c1-5-18-11-10-15(4)9-7-6-8-13(2,14-3)12(16)17/h14H,5-11H2,1-4H3,(H,16,17). The minimum atomic E-state index is -0.802. The molecule has 0 radical (unpaired) electrons. The molecule has 0 aromatic carbocycles. The van der Waals surface area contributed by atoms with Crippen molar-refractivity contribution < 1.29 is 14.6 Å². The van der Waals surface area contributed by atoms with Gasteiger partial charge in [0.05, 0.1) is 6.61 Å². The number of aliphatic carboxylic acids is 1. The van der Waals surface area contributed by atoms with E-state index < -0.39 is 11.5 Å². The molecule has 0 aliphatic carbocycles. The second kappa shape index (κ2) is 9.30. The van der Waals surface area contributed by atoms with Crippen molar-refractivity contribution in [3.63, 3.8) is 0 Å². The number of carboxylic acids is 1. The predicted molar refractivity (Wildman–Crippen MR) is 72.9 cm³/mol. The first-order valence-corrected chi connectivity index (χ1v) is 6.65. The van der Waals surface area contributed by atoms with E-state index in [2.05, 4.69) is 17.3 Å². The lowest BCUT2D eigenvalue weighted by Gasteiger charge is -2.24. The van der Waals surface area contributed by atoms with Crippen LogP contribution in [0.2, 0.25) is 0 Å². The van der Waals surface area contributed by atoms with E-state index in [-0.39, 0.29) is 0 Å². The van der Waals surface area contributed by atoms with Crippen LogP contribution in [0.3, 0.4) is 0 Å². The molecule has 1 atom stereocenters. The van der Waals surface area contributed by atoms with Gasteiger partial charge in [-0.15, -0.1) is 0 Å². The zero-order valence-electron chi connectivity index (χ0n) is 12.2. The van der Waals surface area contributed by atoms with Crippen LogP contribution in [0.25, 0.3) is 0 Å². The molecule has 18 heavy (non-hydrogen) atoms. The molecule has 0 saturated heterocycles. The fraction of sp³-hybridized carbons (Fsp3) is 0.923. The van der Waals surface area contributed by atoms with Gasteiger partial charge in [-0.3, -0.25) is 4.79 Å². The molecule has 0 heterocycles. The van der Waals surface area contributed by atoms with E-state index in [1.54, 1.807) is 14.0 Å². The number of nitrogens with zero attached hydrogens (tertiary/aromatic N) is 1. The van der Waals surface area contributed by atoms with Gasteiger partial charge in [0.1, 0.15) is 5.54 Å². The molecule has 1 unspecified atom stereocenters. The van der Waals surface area contributed by atoms with Crippen molar-refractivity contribution >= 4 is 5.97 Å². The van der Waals surface area contributed by atoms with Crippen molar-refractivity contribution in [2.24, 2.45) is 0 Å². The summed E-state index contributed by atoms with van der Waals surface area (Å²) >= 11 is 0. The van der Waals surface area contributed by atoms with Gasteiger partial charge in [-0.25, -0.2) is 0 Å². The lowest BCUT2D eigenvalue weighted by Crippen LogP contribution is -2.47. The highest BCUT2D eigenvalue weighted by Gasteiger charge is 2.29. The van der Waals surface area contributed by atoms with Crippen LogP contribution in [0.5, 0.6) is 0 Å². The topological polar surface area (TPSA) is 61.8 Å². The number of carboxylic acid groups (broad SMARTS) is 1. The quantitative estimate of drug-likeness (QED) is 0.546. The van der Waals surface area contributed by atoms with Gasteiger partial charge in [-0.1, -0.05) is 0 Å². The summed E-state index contributed by atoms with van der Waals surface area (Å²) in [5.41, 5.74) is -0.802. The molecule has 0 fully saturated rings. The van der Waals surface area contributed by atoms with Crippen molar-refractivity contribution in [1.29, 1.82) is 0 Å². The third kappa shape index (κ3) is 6.93. The van der Waals surface area contributed by atoms with E-state index in [4.69, 9.17) is 9.84 Å². The fourth-order valence-corrected chi connectivity index (χ4v) is 1.68. The van der Waals surface area contributed by atoms with E-state index in [9.17, 15) is 4.79 Å². The zero-order valence-corrected chi connectivity index (χ0v) is 12.2. The summed E-state index contributed by atoms with van der Waals surface area (Å²) in [5, 5.41) is 12.0. The van der Waals surface area contributed by atoms with Crippen molar-refractivity contribution in [2.75, 3.05) is 40.4 Å². The first-order valence-electron chi connectivity index (χ1n) is 6.65. The lowest BCUT2D eigenvalue weighted by molar-refractivity contribution is -0.144. The van der Waals surface area contributed by atoms with Crippen molar-refractivity contribution in [1.82, 2.24) is 10.2 Å². The van der Waals surface area contributed by atoms with Crippen LogP contribution in [-0.4, -0.2) is 61.9 Å². The Morgan fingerprint density at radius 3 is 2.56 bits per heavy atom. The molecule has 0 bridgehead atoms. The Balaban J connectivity index is 3.69. The molecule has 0 aromatic heterocycles. The zero-order chi connectivity index (χ0) is 14.0. The molecule has 5 nitrogen and oxygen atoms in total. The van der Waals surface area contributed by atoms with Crippen molar-refractivity contribution in [2.45, 2.75) is 38.6 Å². The van der Waals surface area contributed by atoms with E-state index in [1.165, 1.54) is 0 Å². The molecule has 0 aliphatic rings. The highest BCUT2D eigenvalue weighted by Crippen LogP contribution is 2.13. The molecule has 0 aliphatic heterocycles. The summed E-state index contributed by atoms with van der Waals surface area (Å²) in [6, 6.07) is 0. The Kier molecular flexibility index (Phi) is 8.97. The van der Waals surface area contributed by atoms with Gasteiger partial charge in [0.25, 0.3) is 0 Å². The highest BCUT2D eigenvalue weighted by molar-refractivity contribution is 5.78. The van der Waals surface area contributed by atoms with Crippen LogP contribution in [0, 0.1) is 0 Å². The number of carbonyl (C=O) groups is 1. The van der Waals surface area contributed by atoms with Crippen LogP contribution in [0.1, 0.15) is 33.1 Å². The average Bonchev–Trinajstić information content (AvgIpc) is 2.34. The van der Waals surface area contributed by atoms with Crippen LogP contribution in [0.4, 0.5) is 0 Å². The fourth-order valence-electron chi connectivity index (χ4n) is 1.68. The van der Waals surface area contributed by atoms with E-state index in [0.717, 1.165) is 39.1 Å². The van der Waals surface area contributed by atoms with Gasteiger partial charge in [0, 0.05) is 13.2 Å². The minimum absolute atomic E-state index is 0.651. The molecule has 5 heteroatoms. The Labute approximate surface area is 110 Å². The summed E-state index contributed by atoms with van der Waals surface area (Å²) in [7, 11) is 3.76. The maximum Gasteiger partial charge on any atom is 0.323 e. The maximum absolute atomic E-state index is 11.1. The molecule has 108 valence electrons. The normalized spacial score (nSPS) is 14.7. The molecule has 2 N–H and O–H groups in total. The Bertz CT molecular complexity index is 236. The Morgan fingerprint density at radius 1 is 1.39 bits per heavy atom. The number of hydrogen-bond donors (Lipinski definition) is 2. The summed E-state index contributed by atoms with van der Waals surface area (Å²) in [4.78, 5) is 13.3. The van der Waals surface area contributed by atoms with Crippen LogP contribution < -0.4 is 5.32 Å². The number of nitrogens with one attached hydrogen (secondary N) is 1. The third-order valence-electron chi connectivity index (χ3n) is 3.31. The maximum atomic E-state index is 11.1. The number of hydrogen-bond acceptors (Lipinski definition) is 4. The minimum Gasteiger partial charge on any atom is -0.480 e. The summed E-state index contributed by atoms with van der Waals surface area (Å²) in [6.45, 7) is 7.14. The first-order chi connectivity index (χ1) is 8.46. The largest absolute Gasteiger partial charge is 0.480 e. The highest BCUT2D eigenvalue weighted by atomic mass is 16.5. The third-order valence-corrected chi connectivity index (χ3v) is 3.31. The van der Waals surface area contributed by atoms with Gasteiger partial charge in [-0.2, -0.15) is 0 Å². The van der Waals surface area contributed by atoms with Gasteiger partial charge < -0.3 is 20.1 Å². The van der Waals surface area contributed by atoms with Crippen molar-refractivity contribution in [3.8, 4) is 0 Å². The molecule has 0 spiro atoms. The predicted octanol–water partition coefficient (Wildman–Crippen LogP) is 1.19. The molecule has 0 rings (SSSR count). The van der Waals surface area contributed by atoms with Crippen LogP contribution >= 0.6 is 0 Å². The second-order valence-corrected chi connectivity index (χ2v) is 4.84. The smallest absolute Gasteiger partial charge is 0.323 e. The number of rotatable bonds is 11. The van der Waals surface area contributed by atoms with Gasteiger partial charge in [0.2, 0.25) is 0 Å². The molecule has 0 aromatic rings. The van der Waals surface area contributed by atoms with Crippen molar-refractivity contribution in [3.05, 3.63) is 0 Å². The molecular weight excluding hydrogens is 232 g/mol. The van der Waals surface area contributed by atoms with E-state index >= 15 is 0 Å². The van der Waals surface area contributed by atoms with Gasteiger partial charge in [-0.05, 0) is 53.8 Å². The Hall–Kier alpha value is -0.650. The summed E-state index contributed by atoms with van der Waals surface area (Å²) in [5.74, 6) is -0.783. The second-order valence-electron chi connectivity index (χ2n) is 4.84. The summed E-state index contributed by atoms with van der Waals surface area (Å²) < 4.78 is 5.28. The molecule has 0 amide bonds. The number of ether oxygens (including phenoxy) is 1. The van der Waals surface area contributed by atoms with Crippen LogP contribution in [0.15, 0.2) is 0 Å². The number of unbranched alkanes of at least 4 members (excludes halogenated alkanes) is 1. The Morgan fingerprint density at radius 2 is 2.06 bits per heavy atom. The monoisotopic (exact) mass is 260 g/mol. The lowest BCUT2D eigenvalue weighted by atomic mass is 9.95. The number of likely N-dealkylation sites (N-methyl/N-ethyl adjacent to an activating group) is 2. The van der Waals surface area contributed by atoms with Crippen LogP contribution in [-0.2, 0) is 9.53 Å². The molecular formula is C13H28N2O3.